The summed E-state index contributed by atoms with van der Waals surface area (Å²) >= 11 is 0. The molecule has 0 heterocycles. The number of rotatable bonds is 8. The van der Waals surface area contributed by atoms with Gasteiger partial charge in [-0.05, 0) is 12.3 Å². The predicted molar refractivity (Wildman–Crippen MR) is 73.3 cm³/mol. The Hall–Kier alpha value is -2.12. The van der Waals surface area contributed by atoms with Crippen LogP contribution in [0.1, 0.15) is 33.6 Å². The largest absolute Gasteiger partial charge is 0.480 e. The molecule has 0 aromatic carbocycles. The molecule has 2 amide bonds. The minimum absolute atomic E-state index is 0.0847. The molecule has 0 fully saturated rings. The highest BCUT2D eigenvalue weighted by Crippen LogP contribution is 2.05. The molecule has 1 unspecified atom stereocenters. The van der Waals surface area contributed by atoms with E-state index in [1.165, 1.54) is 14.0 Å². The monoisotopic (exact) mass is 302 g/mol. The molecule has 3 N–H and O–H groups in total. The average molecular weight is 302 g/mol. The number of methoxy groups -OCH3 is 1. The summed E-state index contributed by atoms with van der Waals surface area (Å²) in [7, 11) is 1.20. The highest BCUT2D eigenvalue weighted by atomic mass is 16.5. The molecule has 0 aliphatic rings. The molecule has 0 aromatic rings. The van der Waals surface area contributed by atoms with Crippen LogP contribution in [0.3, 0.4) is 0 Å². The van der Waals surface area contributed by atoms with E-state index in [-0.39, 0.29) is 24.7 Å². The predicted octanol–water partition coefficient (Wildman–Crippen LogP) is -0.330. The minimum atomic E-state index is -1.25. The Kier molecular flexibility index (Phi) is 8.03. The molecule has 8 nitrogen and oxygen atoms in total. The maximum Gasteiger partial charge on any atom is 0.326 e. The lowest BCUT2D eigenvalue weighted by molar-refractivity contribution is -0.144. The number of ether oxygens (including phenoxy) is 1. The number of carboxylic acids is 1. The molecule has 0 saturated heterocycles. The number of esters is 1. The summed E-state index contributed by atoms with van der Waals surface area (Å²) in [5.41, 5.74) is 0. The third-order valence-corrected chi connectivity index (χ3v) is 2.79. The van der Waals surface area contributed by atoms with E-state index in [1.807, 2.05) is 0 Å². The Morgan fingerprint density at radius 3 is 2.10 bits per heavy atom. The Labute approximate surface area is 123 Å². The highest BCUT2D eigenvalue weighted by molar-refractivity contribution is 5.90. The molecule has 2 atom stereocenters. The van der Waals surface area contributed by atoms with Crippen molar-refractivity contribution in [2.75, 3.05) is 7.11 Å². The van der Waals surface area contributed by atoms with Crippen LogP contribution in [-0.2, 0) is 23.9 Å². The second-order valence-electron chi connectivity index (χ2n) is 4.94. The number of carboxylic acid groups (broad SMARTS) is 1. The van der Waals surface area contributed by atoms with Gasteiger partial charge in [-0.2, -0.15) is 0 Å². The van der Waals surface area contributed by atoms with Crippen molar-refractivity contribution in [1.82, 2.24) is 10.6 Å². The van der Waals surface area contributed by atoms with Crippen LogP contribution in [0.5, 0.6) is 0 Å². The van der Waals surface area contributed by atoms with E-state index in [9.17, 15) is 19.2 Å². The molecule has 21 heavy (non-hydrogen) atoms. The SMILES string of the molecule is COC(=O)CC[C@H](NC(=O)C(NC(C)=O)C(C)C)C(=O)O. The summed E-state index contributed by atoms with van der Waals surface area (Å²) in [4.78, 5) is 45.2. The lowest BCUT2D eigenvalue weighted by atomic mass is 10.0. The van der Waals surface area contributed by atoms with Gasteiger partial charge >= 0.3 is 11.9 Å². The van der Waals surface area contributed by atoms with E-state index in [0.29, 0.717) is 0 Å². The third-order valence-electron chi connectivity index (χ3n) is 2.79. The van der Waals surface area contributed by atoms with Gasteiger partial charge in [0.15, 0.2) is 0 Å². The van der Waals surface area contributed by atoms with Crippen LogP contribution in [0, 0.1) is 5.92 Å². The second kappa shape index (κ2) is 8.93. The average Bonchev–Trinajstić information content (AvgIpc) is 2.38. The van der Waals surface area contributed by atoms with Crippen molar-refractivity contribution in [3.8, 4) is 0 Å². The number of carbonyl (C=O) groups is 4. The van der Waals surface area contributed by atoms with Gasteiger partial charge in [0.1, 0.15) is 12.1 Å². The van der Waals surface area contributed by atoms with Crippen LogP contribution in [0.2, 0.25) is 0 Å². The zero-order chi connectivity index (χ0) is 16.6. The van der Waals surface area contributed by atoms with Crippen LogP contribution in [-0.4, -0.2) is 48.1 Å². The van der Waals surface area contributed by atoms with Gasteiger partial charge in [-0.1, -0.05) is 13.8 Å². The van der Waals surface area contributed by atoms with Crippen LogP contribution < -0.4 is 10.6 Å². The highest BCUT2D eigenvalue weighted by Gasteiger charge is 2.28. The first-order chi connectivity index (χ1) is 9.68. The van der Waals surface area contributed by atoms with Gasteiger partial charge in [0.25, 0.3) is 0 Å². The summed E-state index contributed by atoms with van der Waals surface area (Å²) in [6.45, 7) is 4.73. The Morgan fingerprint density at radius 2 is 1.71 bits per heavy atom. The van der Waals surface area contributed by atoms with Gasteiger partial charge in [0.05, 0.1) is 7.11 Å². The number of hydrogen-bond acceptors (Lipinski definition) is 5. The van der Waals surface area contributed by atoms with Crippen molar-refractivity contribution in [1.29, 1.82) is 0 Å². The lowest BCUT2D eigenvalue weighted by Crippen LogP contribution is -2.53. The van der Waals surface area contributed by atoms with Gasteiger partial charge in [0, 0.05) is 13.3 Å². The summed E-state index contributed by atoms with van der Waals surface area (Å²) in [5.74, 6) is -3.00. The van der Waals surface area contributed by atoms with E-state index >= 15 is 0 Å². The standard InChI is InChI=1S/C13H22N2O6/c1-7(2)11(14-8(3)16)12(18)15-9(13(19)20)5-6-10(17)21-4/h7,9,11H,5-6H2,1-4H3,(H,14,16)(H,15,18)(H,19,20)/t9-,11?/m0/s1. The fraction of sp³-hybridized carbons (Fsp3) is 0.692. The van der Waals surface area contributed by atoms with E-state index < -0.39 is 29.9 Å². The molecule has 0 aliphatic carbocycles. The van der Waals surface area contributed by atoms with Crippen molar-refractivity contribution in [2.24, 2.45) is 5.92 Å². The van der Waals surface area contributed by atoms with Gasteiger partial charge in [-0.15, -0.1) is 0 Å². The first kappa shape index (κ1) is 18.9. The van der Waals surface area contributed by atoms with Gasteiger partial charge in [-0.25, -0.2) is 4.79 Å². The molecule has 0 aliphatic heterocycles. The molecule has 0 saturated carbocycles. The summed E-state index contributed by atoms with van der Waals surface area (Å²) in [6, 6.07) is -2.05. The van der Waals surface area contributed by atoms with Crippen molar-refractivity contribution in [3.63, 3.8) is 0 Å². The molecule has 8 heteroatoms. The minimum Gasteiger partial charge on any atom is -0.480 e. The fourth-order valence-corrected chi connectivity index (χ4v) is 1.64. The molecule has 0 aromatic heterocycles. The maximum absolute atomic E-state index is 12.0. The third kappa shape index (κ3) is 7.28. The number of carbonyl (C=O) groups excluding carboxylic acids is 3. The molecule has 0 radical (unpaired) electrons. The van der Waals surface area contributed by atoms with Crippen LogP contribution >= 0.6 is 0 Å². The topological polar surface area (TPSA) is 122 Å². The van der Waals surface area contributed by atoms with E-state index in [0.717, 1.165) is 0 Å². The summed E-state index contributed by atoms with van der Waals surface area (Å²) < 4.78 is 4.42. The number of aliphatic carboxylic acids is 1. The van der Waals surface area contributed by atoms with E-state index in [4.69, 9.17) is 5.11 Å². The molecule has 0 rings (SSSR count). The zero-order valence-electron chi connectivity index (χ0n) is 12.6. The first-order valence-electron chi connectivity index (χ1n) is 6.56. The van der Waals surface area contributed by atoms with Gasteiger partial charge in [-0.3, -0.25) is 14.4 Å². The number of amides is 2. The molecule has 0 spiro atoms. The van der Waals surface area contributed by atoms with Crippen molar-refractivity contribution in [3.05, 3.63) is 0 Å². The van der Waals surface area contributed by atoms with Crippen LogP contribution in [0.4, 0.5) is 0 Å². The summed E-state index contributed by atoms with van der Waals surface area (Å²) in [6.07, 6.45) is -0.209. The molecular weight excluding hydrogens is 280 g/mol. The Balaban J connectivity index is 4.74. The number of hydrogen-bond donors (Lipinski definition) is 3. The van der Waals surface area contributed by atoms with E-state index in [1.54, 1.807) is 13.8 Å². The fourth-order valence-electron chi connectivity index (χ4n) is 1.64. The molecule has 120 valence electrons. The van der Waals surface area contributed by atoms with Gasteiger partial charge < -0.3 is 20.5 Å². The van der Waals surface area contributed by atoms with Gasteiger partial charge in [0.2, 0.25) is 11.8 Å². The smallest absolute Gasteiger partial charge is 0.326 e. The maximum atomic E-state index is 12.0. The second-order valence-corrected chi connectivity index (χ2v) is 4.94. The van der Waals surface area contributed by atoms with Crippen molar-refractivity contribution < 1.29 is 29.0 Å². The van der Waals surface area contributed by atoms with Crippen molar-refractivity contribution in [2.45, 2.75) is 45.7 Å². The Morgan fingerprint density at radius 1 is 1.14 bits per heavy atom. The lowest BCUT2D eigenvalue weighted by Gasteiger charge is -2.23. The molecule has 0 bridgehead atoms. The first-order valence-corrected chi connectivity index (χ1v) is 6.56. The van der Waals surface area contributed by atoms with E-state index in [2.05, 4.69) is 15.4 Å². The zero-order valence-corrected chi connectivity index (χ0v) is 12.6. The Bertz CT molecular complexity index is 407. The summed E-state index contributed by atoms with van der Waals surface area (Å²) in [5, 5.41) is 13.8. The van der Waals surface area contributed by atoms with Crippen molar-refractivity contribution >= 4 is 23.8 Å². The van der Waals surface area contributed by atoms with Crippen LogP contribution in [0.25, 0.3) is 0 Å². The normalized spacial score (nSPS) is 13.2. The quantitative estimate of drug-likeness (QED) is 0.528. The number of nitrogens with one attached hydrogen (secondary N) is 2. The van der Waals surface area contributed by atoms with Crippen LogP contribution in [0.15, 0.2) is 0 Å². The molecular formula is C13H22N2O6.